The van der Waals surface area contributed by atoms with Crippen molar-refractivity contribution in [1.82, 2.24) is 0 Å². The van der Waals surface area contributed by atoms with Crippen LogP contribution >= 0.6 is 0 Å². The van der Waals surface area contributed by atoms with Gasteiger partial charge in [0.2, 0.25) is 0 Å². The second-order valence-corrected chi connectivity index (χ2v) is 6.84. The van der Waals surface area contributed by atoms with Gasteiger partial charge in [-0.2, -0.15) is 0 Å². The molecule has 1 rings (SSSR count). The smallest absolute Gasteiger partial charge is 0.0212 e. The van der Waals surface area contributed by atoms with Gasteiger partial charge in [-0.25, -0.2) is 0 Å². The molecule has 0 fully saturated rings. The molecule has 0 aromatic rings. The van der Waals surface area contributed by atoms with Crippen molar-refractivity contribution in [2.45, 2.75) is 79.6 Å². The summed E-state index contributed by atoms with van der Waals surface area (Å²) in [4.78, 5) is 0. The summed E-state index contributed by atoms with van der Waals surface area (Å²) >= 11 is 0. The maximum atomic E-state index is 4.43. The lowest BCUT2D eigenvalue weighted by atomic mass is 9.86. The van der Waals surface area contributed by atoms with Gasteiger partial charge in [-0.1, -0.05) is 47.9 Å². The highest BCUT2D eigenvalue weighted by Crippen LogP contribution is 2.35. The average Bonchev–Trinajstić information content (AvgIpc) is 2.68. The van der Waals surface area contributed by atoms with Crippen LogP contribution in [0.2, 0.25) is 0 Å². The summed E-state index contributed by atoms with van der Waals surface area (Å²) < 4.78 is 0. The molecule has 0 aliphatic heterocycles. The van der Waals surface area contributed by atoms with Crippen molar-refractivity contribution in [3.05, 3.63) is 58.2 Å². The predicted octanol–water partition coefficient (Wildman–Crippen LogP) is 7.46. The molecule has 0 atom stereocenters. The Labute approximate surface area is 138 Å². The molecule has 0 saturated heterocycles. The minimum absolute atomic E-state index is 1.07. The van der Waals surface area contributed by atoms with Gasteiger partial charge in [0.15, 0.2) is 0 Å². The van der Waals surface area contributed by atoms with Crippen LogP contribution in [0.3, 0.4) is 0 Å². The zero-order valence-electron chi connectivity index (χ0n) is 15.4. The van der Waals surface area contributed by atoms with E-state index < -0.39 is 0 Å². The Hall–Kier alpha value is -1.30. The van der Waals surface area contributed by atoms with Crippen LogP contribution in [0.15, 0.2) is 58.2 Å². The fraction of sp³-hybridized carbons (Fsp3) is 0.545. The third-order valence-electron chi connectivity index (χ3n) is 4.54. The lowest BCUT2D eigenvalue weighted by Gasteiger charge is -2.19. The minimum Gasteiger partial charge on any atom is -0.0952 e. The molecule has 22 heavy (non-hydrogen) atoms. The van der Waals surface area contributed by atoms with Crippen LogP contribution in [-0.2, 0) is 0 Å². The van der Waals surface area contributed by atoms with Crippen LogP contribution in [0.4, 0.5) is 0 Å². The molecule has 0 spiro atoms. The highest BCUT2D eigenvalue weighted by Gasteiger charge is 2.15. The molecule has 0 bridgehead atoms. The fourth-order valence-electron chi connectivity index (χ4n) is 3.26. The highest BCUT2D eigenvalue weighted by molar-refractivity contribution is 5.50. The van der Waals surface area contributed by atoms with Crippen molar-refractivity contribution < 1.29 is 0 Å². The normalized spacial score (nSPS) is 16.9. The van der Waals surface area contributed by atoms with E-state index in [-0.39, 0.29) is 0 Å². The van der Waals surface area contributed by atoms with E-state index in [1.54, 1.807) is 11.1 Å². The molecule has 122 valence electrons. The van der Waals surface area contributed by atoms with E-state index in [0.717, 1.165) is 12.8 Å². The Kier molecular flexibility index (Phi) is 8.24. The lowest BCUT2D eigenvalue weighted by molar-refractivity contribution is 0.707. The summed E-state index contributed by atoms with van der Waals surface area (Å²) in [7, 11) is 0. The van der Waals surface area contributed by atoms with E-state index in [1.807, 2.05) is 0 Å². The Morgan fingerprint density at radius 1 is 1.05 bits per heavy atom. The first-order chi connectivity index (χ1) is 10.5. The summed E-state index contributed by atoms with van der Waals surface area (Å²) in [6.45, 7) is 15.5. The third-order valence-corrected chi connectivity index (χ3v) is 4.54. The van der Waals surface area contributed by atoms with Crippen molar-refractivity contribution in [1.29, 1.82) is 0 Å². The molecule has 1 aliphatic rings. The summed E-state index contributed by atoms with van der Waals surface area (Å²) in [5.74, 6) is 0. The van der Waals surface area contributed by atoms with Crippen molar-refractivity contribution in [3.63, 3.8) is 0 Å². The Balaban J connectivity index is 2.88. The van der Waals surface area contributed by atoms with Gasteiger partial charge < -0.3 is 0 Å². The second kappa shape index (κ2) is 9.66. The summed E-state index contributed by atoms with van der Waals surface area (Å²) in [6, 6.07) is 0. The predicted molar refractivity (Wildman–Crippen MR) is 101 cm³/mol. The zero-order chi connectivity index (χ0) is 16.5. The molecule has 0 aromatic carbocycles. The van der Waals surface area contributed by atoms with Gasteiger partial charge in [0.05, 0.1) is 0 Å². The van der Waals surface area contributed by atoms with Gasteiger partial charge in [-0.05, 0) is 89.9 Å². The average molecular weight is 299 g/mol. The van der Waals surface area contributed by atoms with E-state index in [4.69, 9.17) is 0 Å². The maximum absolute atomic E-state index is 4.43. The molecule has 0 heteroatoms. The maximum Gasteiger partial charge on any atom is -0.0212 e. The first-order valence-corrected chi connectivity index (χ1v) is 8.80. The lowest BCUT2D eigenvalue weighted by Crippen LogP contribution is -2.00. The minimum atomic E-state index is 1.07. The molecule has 0 aromatic heterocycles. The van der Waals surface area contributed by atoms with Gasteiger partial charge in [0.25, 0.3) is 0 Å². The molecule has 0 unspecified atom stereocenters. The van der Waals surface area contributed by atoms with Crippen molar-refractivity contribution >= 4 is 0 Å². The van der Waals surface area contributed by atoms with Gasteiger partial charge in [0, 0.05) is 0 Å². The van der Waals surface area contributed by atoms with Gasteiger partial charge in [0.1, 0.15) is 0 Å². The Morgan fingerprint density at radius 2 is 1.73 bits per heavy atom. The van der Waals surface area contributed by atoms with Crippen LogP contribution in [-0.4, -0.2) is 0 Å². The molecule has 1 aliphatic carbocycles. The van der Waals surface area contributed by atoms with Crippen LogP contribution < -0.4 is 0 Å². The van der Waals surface area contributed by atoms with Gasteiger partial charge in [-0.3, -0.25) is 0 Å². The number of allylic oxidation sites excluding steroid dienone is 9. The zero-order valence-corrected chi connectivity index (χ0v) is 15.4. The molecule has 0 saturated carbocycles. The first kappa shape index (κ1) is 18.7. The largest absolute Gasteiger partial charge is 0.0952 e. The standard InChI is InChI=1S/C22H34/c1-7-8-12-18(4)15-16-20(6)22(17(2)3)21-14-11-9-10-13-19(21)5/h7-8,12H,6,9-11,13-16H2,1-5H3/b8-7-,18-12+. The van der Waals surface area contributed by atoms with Gasteiger partial charge in [-0.15, -0.1) is 0 Å². The number of hydrogen-bond acceptors (Lipinski definition) is 0. The van der Waals surface area contributed by atoms with E-state index in [0.29, 0.717) is 0 Å². The quantitative estimate of drug-likeness (QED) is 0.446. The van der Waals surface area contributed by atoms with Crippen molar-refractivity contribution in [2.75, 3.05) is 0 Å². The van der Waals surface area contributed by atoms with E-state index in [1.165, 1.54) is 54.4 Å². The van der Waals surface area contributed by atoms with E-state index in [2.05, 4.69) is 59.4 Å². The molecule has 0 amide bonds. The van der Waals surface area contributed by atoms with Crippen molar-refractivity contribution in [3.8, 4) is 0 Å². The summed E-state index contributed by atoms with van der Waals surface area (Å²) in [6.07, 6.45) is 15.1. The first-order valence-electron chi connectivity index (χ1n) is 8.80. The fourth-order valence-corrected chi connectivity index (χ4v) is 3.26. The molecule has 0 heterocycles. The molecule has 0 N–H and O–H groups in total. The van der Waals surface area contributed by atoms with Crippen LogP contribution in [0.1, 0.15) is 79.6 Å². The highest BCUT2D eigenvalue weighted by atomic mass is 14.2. The topological polar surface area (TPSA) is 0 Å². The molecular formula is C22H34. The van der Waals surface area contributed by atoms with Gasteiger partial charge >= 0.3 is 0 Å². The van der Waals surface area contributed by atoms with Crippen LogP contribution in [0.25, 0.3) is 0 Å². The molecular weight excluding hydrogens is 264 g/mol. The molecule has 0 nitrogen and oxygen atoms in total. The number of hydrogen-bond donors (Lipinski definition) is 0. The number of rotatable bonds is 6. The van der Waals surface area contributed by atoms with E-state index >= 15 is 0 Å². The third kappa shape index (κ3) is 5.83. The SMILES string of the molecule is C=C(CC/C(C)=C/C=C\C)C(=C(C)C)C1=C(C)CCCCC1. The van der Waals surface area contributed by atoms with E-state index in [9.17, 15) is 0 Å². The summed E-state index contributed by atoms with van der Waals surface area (Å²) in [5.41, 5.74) is 8.84. The Morgan fingerprint density at radius 3 is 2.36 bits per heavy atom. The van der Waals surface area contributed by atoms with Crippen LogP contribution in [0, 0.1) is 0 Å². The monoisotopic (exact) mass is 298 g/mol. The van der Waals surface area contributed by atoms with Crippen molar-refractivity contribution in [2.24, 2.45) is 0 Å². The van der Waals surface area contributed by atoms with Crippen LogP contribution in [0.5, 0.6) is 0 Å². The molecule has 0 radical (unpaired) electrons. The Bertz CT molecular complexity index is 502. The second-order valence-electron chi connectivity index (χ2n) is 6.84. The summed E-state index contributed by atoms with van der Waals surface area (Å²) in [5, 5.41) is 0.